The van der Waals surface area contributed by atoms with Crippen molar-refractivity contribution in [1.82, 2.24) is 25.0 Å². The van der Waals surface area contributed by atoms with E-state index in [0.717, 1.165) is 27.3 Å². The third-order valence-electron chi connectivity index (χ3n) is 3.29. The molecular weight excluding hydrogens is 260 g/mol. The van der Waals surface area contributed by atoms with Gasteiger partial charge in [0, 0.05) is 0 Å². The summed E-state index contributed by atoms with van der Waals surface area (Å²) < 4.78 is 3.04. The van der Waals surface area contributed by atoms with Gasteiger partial charge in [-0.25, -0.2) is 9.67 Å². The van der Waals surface area contributed by atoms with E-state index in [9.17, 15) is 0 Å². The van der Waals surface area contributed by atoms with Gasteiger partial charge in [0.1, 0.15) is 11.2 Å². The molecule has 0 spiro atoms. The van der Waals surface area contributed by atoms with Crippen molar-refractivity contribution in [1.29, 1.82) is 0 Å². The number of aromatic nitrogens is 5. The van der Waals surface area contributed by atoms with Gasteiger partial charge >= 0.3 is 0 Å². The van der Waals surface area contributed by atoms with Crippen molar-refractivity contribution in [3.63, 3.8) is 0 Å². The maximum atomic E-state index is 5.73. The zero-order valence-corrected chi connectivity index (χ0v) is 11.2. The largest absolute Gasteiger partial charge is 0.375 e. The van der Waals surface area contributed by atoms with Crippen molar-refractivity contribution in [3.05, 3.63) is 18.0 Å². The molecule has 3 heterocycles. The summed E-state index contributed by atoms with van der Waals surface area (Å²) in [5.74, 6) is 0. The number of hydrogen-bond donors (Lipinski definition) is 1. The number of aryl methyl sites for hydroxylation is 1. The first-order chi connectivity index (χ1) is 9.22. The van der Waals surface area contributed by atoms with Crippen molar-refractivity contribution in [2.45, 2.75) is 25.8 Å². The Labute approximate surface area is 113 Å². The molecule has 1 fully saturated rings. The predicted octanol–water partition coefficient (Wildman–Crippen LogP) is 2.18. The molecule has 1 aliphatic carbocycles. The smallest absolute Gasteiger partial charge is 0.181 e. The monoisotopic (exact) mass is 272 g/mol. The van der Waals surface area contributed by atoms with Gasteiger partial charge in [-0.1, -0.05) is 16.6 Å². The summed E-state index contributed by atoms with van der Waals surface area (Å²) in [6.45, 7) is 1.97. The lowest BCUT2D eigenvalue weighted by Gasteiger charge is -2.04. The van der Waals surface area contributed by atoms with Gasteiger partial charge in [0.25, 0.3) is 0 Å². The van der Waals surface area contributed by atoms with Crippen molar-refractivity contribution < 1.29 is 0 Å². The quantitative estimate of drug-likeness (QED) is 0.773. The fourth-order valence-corrected chi connectivity index (χ4v) is 2.97. The Morgan fingerprint density at radius 2 is 2.26 bits per heavy atom. The van der Waals surface area contributed by atoms with E-state index in [4.69, 9.17) is 5.73 Å². The molecule has 0 bridgehead atoms. The molecule has 0 aliphatic heterocycles. The van der Waals surface area contributed by atoms with Gasteiger partial charge < -0.3 is 5.73 Å². The highest BCUT2D eigenvalue weighted by Crippen LogP contribution is 2.38. The van der Waals surface area contributed by atoms with Gasteiger partial charge in [-0.15, -0.1) is 5.10 Å². The minimum Gasteiger partial charge on any atom is -0.375 e. The number of hydrogen-bond acceptors (Lipinski definition) is 6. The molecule has 0 radical (unpaired) electrons. The second-order valence-electron chi connectivity index (χ2n) is 4.79. The van der Waals surface area contributed by atoms with Crippen LogP contribution in [-0.4, -0.2) is 25.0 Å². The number of fused-ring (bicyclic) bond motifs is 1. The summed E-state index contributed by atoms with van der Waals surface area (Å²) in [6.07, 6.45) is 4.11. The van der Waals surface area contributed by atoms with Gasteiger partial charge in [-0.3, -0.25) is 4.98 Å². The lowest BCUT2D eigenvalue weighted by atomic mass is 10.2. The van der Waals surface area contributed by atoms with Gasteiger partial charge in [-0.05, 0) is 25.8 Å². The summed E-state index contributed by atoms with van der Waals surface area (Å²) in [5.41, 5.74) is 9.39. The molecule has 6 nitrogen and oxygen atoms in total. The maximum absolute atomic E-state index is 5.73. The average Bonchev–Trinajstić information content (AvgIpc) is 3.05. The highest BCUT2D eigenvalue weighted by molar-refractivity contribution is 7.22. The second-order valence-corrected chi connectivity index (χ2v) is 5.85. The van der Waals surface area contributed by atoms with Gasteiger partial charge in [0.15, 0.2) is 5.13 Å². The number of pyridine rings is 1. The van der Waals surface area contributed by atoms with Crippen LogP contribution in [0.1, 0.15) is 24.6 Å². The third-order valence-corrected chi connectivity index (χ3v) is 4.14. The molecule has 19 heavy (non-hydrogen) atoms. The molecule has 0 saturated heterocycles. The number of nitrogens with zero attached hydrogens (tertiary/aromatic N) is 5. The molecule has 4 rings (SSSR count). The van der Waals surface area contributed by atoms with E-state index in [2.05, 4.69) is 20.3 Å². The van der Waals surface area contributed by atoms with E-state index < -0.39 is 0 Å². The van der Waals surface area contributed by atoms with Gasteiger partial charge in [-0.2, -0.15) is 0 Å². The predicted molar refractivity (Wildman–Crippen MR) is 73.9 cm³/mol. The molecular formula is C12H12N6S. The van der Waals surface area contributed by atoms with Crippen LogP contribution in [0, 0.1) is 6.92 Å². The molecule has 96 valence electrons. The number of rotatable bonds is 2. The van der Waals surface area contributed by atoms with E-state index in [1.165, 1.54) is 24.2 Å². The average molecular weight is 272 g/mol. The highest BCUT2D eigenvalue weighted by Gasteiger charge is 2.29. The van der Waals surface area contributed by atoms with E-state index in [1.807, 2.05) is 17.7 Å². The van der Waals surface area contributed by atoms with E-state index >= 15 is 0 Å². The summed E-state index contributed by atoms with van der Waals surface area (Å²) in [6, 6.07) is 2.51. The van der Waals surface area contributed by atoms with Crippen LogP contribution in [0.25, 0.3) is 21.6 Å². The Balaban J connectivity index is 1.91. The van der Waals surface area contributed by atoms with Crippen LogP contribution in [0.2, 0.25) is 0 Å². The zero-order chi connectivity index (χ0) is 13.0. The van der Waals surface area contributed by atoms with Crippen LogP contribution in [0.4, 0.5) is 5.13 Å². The maximum Gasteiger partial charge on any atom is 0.181 e. The Morgan fingerprint density at radius 3 is 3.05 bits per heavy atom. The lowest BCUT2D eigenvalue weighted by molar-refractivity contribution is 0.615. The first-order valence-electron chi connectivity index (χ1n) is 6.16. The van der Waals surface area contributed by atoms with E-state index in [0.29, 0.717) is 11.2 Å². The topological polar surface area (TPSA) is 82.5 Å². The molecule has 0 aromatic carbocycles. The summed E-state index contributed by atoms with van der Waals surface area (Å²) in [7, 11) is 0. The van der Waals surface area contributed by atoms with Crippen LogP contribution in [0.5, 0.6) is 0 Å². The molecule has 0 unspecified atom stereocenters. The number of nitrogen functional groups attached to an aromatic ring is 1. The third kappa shape index (κ3) is 1.69. The molecule has 2 N–H and O–H groups in total. The Hall–Kier alpha value is -2.02. The highest BCUT2D eigenvalue weighted by atomic mass is 32.1. The van der Waals surface area contributed by atoms with Gasteiger partial charge in [0.05, 0.1) is 28.3 Å². The Morgan fingerprint density at radius 1 is 1.42 bits per heavy atom. The molecule has 3 aromatic rings. The van der Waals surface area contributed by atoms with Crippen LogP contribution in [-0.2, 0) is 0 Å². The summed E-state index contributed by atoms with van der Waals surface area (Å²) in [4.78, 5) is 8.71. The summed E-state index contributed by atoms with van der Waals surface area (Å²) >= 11 is 1.48. The fraction of sp³-hybridized carbons (Fsp3) is 0.333. The number of nitrogens with two attached hydrogens (primary N) is 1. The van der Waals surface area contributed by atoms with Crippen molar-refractivity contribution >= 4 is 26.7 Å². The minimum absolute atomic E-state index is 0.486. The van der Waals surface area contributed by atoms with Gasteiger partial charge in [0.2, 0.25) is 0 Å². The van der Waals surface area contributed by atoms with Crippen molar-refractivity contribution in [2.75, 3.05) is 5.73 Å². The normalized spacial score (nSPS) is 15.2. The first-order valence-corrected chi connectivity index (χ1v) is 6.98. The van der Waals surface area contributed by atoms with E-state index in [1.54, 1.807) is 6.20 Å². The zero-order valence-electron chi connectivity index (χ0n) is 10.4. The Bertz CT molecular complexity index is 770. The molecule has 7 heteroatoms. The van der Waals surface area contributed by atoms with E-state index in [-0.39, 0.29) is 0 Å². The van der Waals surface area contributed by atoms with Crippen LogP contribution in [0.15, 0.2) is 12.3 Å². The SMILES string of the molecule is Cc1nnn(C2CC2)c1-c1cc2sc(N)nc2cn1. The molecule has 0 amide bonds. The van der Waals surface area contributed by atoms with Crippen LogP contribution >= 0.6 is 11.3 Å². The van der Waals surface area contributed by atoms with Crippen molar-refractivity contribution in [2.24, 2.45) is 0 Å². The van der Waals surface area contributed by atoms with Crippen LogP contribution < -0.4 is 5.73 Å². The molecule has 3 aromatic heterocycles. The fourth-order valence-electron chi connectivity index (χ4n) is 2.23. The Kier molecular flexibility index (Phi) is 2.14. The number of anilines is 1. The second kappa shape index (κ2) is 3.74. The van der Waals surface area contributed by atoms with Crippen molar-refractivity contribution in [3.8, 4) is 11.4 Å². The first kappa shape index (κ1) is 10.9. The molecule has 0 atom stereocenters. The molecule has 1 saturated carbocycles. The standard InChI is InChI=1S/C12H12N6S/c1-6-11(18(17-16-6)7-2-3-7)8-4-10-9(5-14-8)15-12(13)19-10/h4-5,7H,2-3H2,1H3,(H2,13,15). The van der Waals surface area contributed by atoms with Crippen LogP contribution in [0.3, 0.4) is 0 Å². The summed E-state index contributed by atoms with van der Waals surface area (Å²) in [5, 5.41) is 8.97. The molecule has 1 aliphatic rings. The minimum atomic E-state index is 0.486. The number of thiazole rings is 1. The lowest BCUT2D eigenvalue weighted by Crippen LogP contribution is -2.00.